The summed E-state index contributed by atoms with van der Waals surface area (Å²) in [4.78, 5) is 21.6. The zero-order chi connectivity index (χ0) is 12.5. The lowest BCUT2D eigenvalue weighted by Gasteiger charge is -2.01. The van der Waals surface area contributed by atoms with Crippen molar-refractivity contribution < 1.29 is 21.4 Å². The number of guanidine groups is 1. The third kappa shape index (κ3) is 3.62. The van der Waals surface area contributed by atoms with E-state index in [4.69, 9.17) is 0 Å². The monoisotopic (exact) mass is 300 g/mol. The van der Waals surface area contributed by atoms with Gasteiger partial charge < -0.3 is 26.7 Å². The predicted octanol–water partition coefficient (Wildman–Crippen LogP) is -1.63. The van der Waals surface area contributed by atoms with Gasteiger partial charge in [-0.1, -0.05) is 0 Å². The molecule has 9 N–H and O–H groups in total. The van der Waals surface area contributed by atoms with Crippen LogP contribution in [-0.4, -0.2) is 50.4 Å². The van der Waals surface area contributed by atoms with Gasteiger partial charge in [-0.2, -0.15) is 0 Å². The molecule has 116 valence electrons. The second kappa shape index (κ2) is 7.14. The number of hydrogen-bond donors (Lipinski definition) is 3. The van der Waals surface area contributed by atoms with Crippen LogP contribution in [0.5, 0.6) is 0 Å². The van der Waals surface area contributed by atoms with Gasteiger partial charge in [0.1, 0.15) is 0 Å². The number of aliphatic imine (C=N–C) groups is 1. The Morgan fingerprint density at radius 2 is 2.05 bits per heavy atom. The van der Waals surface area contributed by atoms with Crippen LogP contribution in [0.15, 0.2) is 23.2 Å². The van der Waals surface area contributed by atoms with Crippen LogP contribution in [0.1, 0.15) is 0 Å². The third-order valence-corrected chi connectivity index (χ3v) is 2.59. The lowest BCUT2D eigenvalue weighted by atomic mass is 10.3. The molecule has 21 heavy (non-hydrogen) atoms. The van der Waals surface area contributed by atoms with Gasteiger partial charge in [-0.3, -0.25) is 20.4 Å². The van der Waals surface area contributed by atoms with Crippen LogP contribution in [0, 0.1) is 10.1 Å². The fourth-order valence-electron chi connectivity index (χ4n) is 1.76. The van der Waals surface area contributed by atoms with Gasteiger partial charge in [0.25, 0.3) is 5.69 Å². The molecular formula is C10H16N6O5. The number of nitrogens with zero attached hydrogens (tertiary/aromatic N) is 3. The Labute approximate surface area is 118 Å². The van der Waals surface area contributed by atoms with Crippen molar-refractivity contribution in [3.63, 3.8) is 0 Å². The average Bonchev–Trinajstić information content (AvgIpc) is 2.96. The number of fused-ring (bicyclic) bond motifs is 1. The first kappa shape index (κ1) is 18.2. The van der Waals surface area contributed by atoms with Crippen LogP contribution in [0.25, 0.3) is 11.0 Å². The Hall–Kier alpha value is -2.76. The van der Waals surface area contributed by atoms with Crippen molar-refractivity contribution in [2.24, 2.45) is 4.99 Å². The standard InChI is InChI=1S/C10H10N6O2.3H2O/c17-16(18)6-1-2-7-8(5-6)14-10(13-7)15-9-11-3-4-12-9;;;/h1-2,5H,3-4H2,(H3,11,12,13,14,15);3*1H2. The van der Waals surface area contributed by atoms with Crippen LogP contribution in [-0.2, 0) is 0 Å². The molecule has 2 aromatic rings. The maximum atomic E-state index is 10.7. The van der Waals surface area contributed by atoms with E-state index in [0.29, 0.717) is 22.9 Å². The smallest absolute Gasteiger partial charge is 0.271 e. The zero-order valence-corrected chi connectivity index (χ0v) is 10.8. The number of nitro groups is 1. The van der Waals surface area contributed by atoms with E-state index in [1.165, 1.54) is 12.1 Å². The van der Waals surface area contributed by atoms with Crippen molar-refractivity contribution in [3.8, 4) is 0 Å². The van der Waals surface area contributed by atoms with E-state index >= 15 is 0 Å². The van der Waals surface area contributed by atoms with Crippen LogP contribution in [0.2, 0.25) is 0 Å². The Morgan fingerprint density at radius 3 is 2.67 bits per heavy atom. The molecule has 11 heteroatoms. The molecule has 1 aromatic carbocycles. The molecule has 2 heterocycles. The zero-order valence-electron chi connectivity index (χ0n) is 10.8. The van der Waals surface area contributed by atoms with Gasteiger partial charge in [0.15, 0.2) is 5.96 Å². The first-order valence-corrected chi connectivity index (χ1v) is 5.42. The number of nitrogens with one attached hydrogen (secondary N) is 3. The summed E-state index contributed by atoms with van der Waals surface area (Å²) in [6, 6.07) is 4.49. The molecule has 0 unspecified atom stereocenters. The minimum Gasteiger partial charge on any atom is -0.412 e. The van der Waals surface area contributed by atoms with Gasteiger partial charge in [-0.25, -0.2) is 4.98 Å². The molecule has 0 saturated carbocycles. The summed E-state index contributed by atoms with van der Waals surface area (Å²) in [5.74, 6) is 1.17. The second-order valence-corrected chi connectivity index (χ2v) is 3.83. The van der Waals surface area contributed by atoms with Gasteiger partial charge in [-0.05, 0) is 6.07 Å². The summed E-state index contributed by atoms with van der Waals surface area (Å²) < 4.78 is 0. The molecule has 11 nitrogen and oxygen atoms in total. The van der Waals surface area contributed by atoms with E-state index in [1.807, 2.05) is 0 Å². The fourth-order valence-corrected chi connectivity index (χ4v) is 1.76. The number of rotatable bonds is 2. The molecule has 0 atom stereocenters. The fraction of sp³-hybridized carbons (Fsp3) is 0.200. The lowest BCUT2D eigenvalue weighted by molar-refractivity contribution is -0.384. The highest BCUT2D eigenvalue weighted by molar-refractivity contribution is 5.94. The molecule has 0 spiro atoms. The van der Waals surface area contributed by atoms with Gasteiger partial charge in [0, 0.05) is 18.7 Å². The maximum Gasteiger partial charge on any atom is 0.271 e. The largest absolute Gasteiger partial charge is 0.412 e. The molecule has 1 aromatic heterocycles. The highest BCUT2D eigenvalue weighted by Crippen LogP contribution is 2.20. The summed E-state index contributed by atoms with van der Waals surface area (Å²) in [6.07, 6.45) is 0. The van der Waals surface area contributed by atoms with Gasteiger partial charge >= 0.3 is 0 Å². The maximum absolute atomic E-state index is 10.7. The van der Waals surface area contributed by atoms with Crippen molar-refractivity contribution in [2.45, 2.75) is 0 Å². The first-order chi connectivity index (χ1) is 8.72. The van der Waals surface area contributed by atoms with Crippen molar-refractivity contribution in [2.75, 3.05) is 18.4 Å². The number of aromatic nitrogens is 2. The van der Waals surface area contributed by atoms with E-state index in [0.717, 1.165) is 13.1 Å². The molecule has 0 radical (unpaired) electrons. The minimum atomic E-state index is -0.435. The quantitative estimate of drug-likeness (QED) is 0.440. The number of anilines is 1. The molecule has 0 bridgehead atoms. The van der Waals surface area contributed by atoms with Crippen LogP contribution >= 0.6 is 0 Å². The van der Waals surface area contributed by atoms with Crippen molar-refractivity contribution in [1.29, 1.82) is 0 Å². The summed E-state index contributed by atoms with van der Waals surface area (Å²) in [6.45, 7) is 1.53. The molecule has 0 fully saturated rings. The Bertz CT molecular complexity index is 654. The molecular weight excluding hydrogens is 284 g/mol. The van der Waals surface area contributed by atoms with Crippen molar-refractivity contribution in [3.05, 3.63) is 28.3 Å². The van der Waals surface area contributed by atoms with E-state index in [9.17, 15) is 10.1 Å². The number of aromatic amines is 1. The predicted molar refractivity (Wildman–Crippen MR) is 77.5 cm³/mol. The van der Waals surface area contributed by atoms with E-state index in [-0.39, 0.29) is 22.1 Å². The SMILES string of the molecule is O.O.O.O=[N+]([O-])c1ccc2nc(NC3=NCCN3)[nH]c2c1. The lowest BCUT2D eigenvalue weighted by Crippen LogP contribution is -2.26. The Balaban J connectivity index is 0.00000133. The van der Waals surface area contributed by atoms with E-state index < -0.39 is 4.92 Å². The van der Waals surface area contributed by atoms with E-state index in [2.05, 4.69) is 25.6 Å². The molecule has 1 aliphatic heterocycles. The van der Waals surface area contributed by atoms with Crippen LogP contribution in [0.3, 0.4) is 0 Å². The van der Waals surface area contributed by atoms with Gasteiger partial charge in [0.2, 0.25) is 5.95 Å². The number of imidazole rings is 1. The second-order valence-electron chi connectivity index (χ2n) is 3.83. The minimum absolute atomic E-state index is 0. The van der Waals surface area contributed by atoms with Crippen molar-refractivity contribution in [1.82, 2.24) is 15.3 Å². The number of non-ortho nitro benzene ring substituents is 1. The molecule has 3 rings (SSSR count). The van der Waals surface area contributed by atoms with Crippen LogP contribution in [0.4, 0.5) is 11.6 Å². The van der Waals surface area contributed by atoms with Gasteiger partial charge in [0.05, 0.1) is 22.5 Å². The molecule has 0 amide bonds. The molecule has 1 aliphatic rings. The summed E-state index contributed by atoms with van der Waals surface area (Å²) in [5.41, 5.74) is 1.32. The normalized spacial score (nSPS) is 12.3. The number of hydrogen-bond acceptors (Lipinski definition) is 6. The van der Waals surface area contributed by atoms with Crippen molar-refractivity contribution >= 4 is 28.6 Å². The van der Waals surface area contributed by atoms with Crippen LogP contribution < -0.4 is 10.6 Å². The third-order valence-electron chi connectivity index (χ3n) is 2.59. The summed E-state index contributed by atoms with van der Waals surface area (Å²) in [5, 5.41) is 16.7. The topological polar surface area (TPSA) is 203 Å². The Kier molecular flexibility index (Phi) is 6.20. The Morgan fingerprint density at radius 1 is 1.29 bits per heavy atom. The van der Waals surface area contributed by atoms with E-state index in [1.54, 1.807) is 6.07 Å². The summed E-state index contributed by atoms with van der Waals surface area (Å²) >= 11 is 0. The number of benzene rings is 1. The van der Waals surface area contributed by atoms with Gasteiger partial charge in [-0.15, -0.1) is 0 Å². The molecule has 0 aliphatic carbocycles. The first-order valence-electron chi connectivity index (χ1n) is 5.42. The number of H-pyrrole nitrogens is 1. The summed E-state index contributed by atoms with van der Waals surface area (Å²) in [7, 11) is 0. The molecule has 0 saturated heterocycles. The number of nitro benzene ring substituents is 1. The average molecular weight is 300 g/mol. The highest BCUT2D eigenvalue weighted by Gasteiger charge is 2.11. The highest BCUT2D eigenvalue weighted by atomic mass is 16.6.